The van der Waals surface area contributed by atoms with Crippen molar-refractivity contribution in [2.75, 3.05) is 13.2 Å². The molecule has 0 spiro atoms. The Labute approximate surface area is 64.1 Å². The highest BCUT2D eigenvalue weighted by Gasteiger charge is 2.35. The second kappa shape index (κ2) is 2.81. The van der Waals surface area contributed by atoms with Gasteiger partial charge in [-0.3, -0.25) is 0 Å². The highest BCUT2D eigenvalue weighted by atomic mass is 16.8. The minimum absolute atomic E-state index is 0.124. The first kappa shape index (κ1) is 7.89. The molecule has 0 bridgehead atoms. The Morgan fingerprint density at radius 3 is 3.00 bits per heavy atom. The van der Waals surface area contributed by atoms with Crippen LogP contribution in [0.5, 0.6) is 0 Å². The number of hydrogen-bond acceptors (Lipinski definition) is 4. The summed E-state index contributed by atoms with van der Waals surface area (Å²) in [4.78, 5) is 10.4. The minimum Gasteiger partial charge on any atom is -0.429 e. The number of carbonyl (C=O) groups excluding carboxylic acids is 1. The van der Waals surface area contributed by atoms with Crippen LogP contribution in [0.1, 0.15) is 6.92 Å². The van der Waals surface area contributed by atoms with Crippen LogP contribution in [0.15, 0.2) is 0 Å². The number of rotatable bonds is 0. The molecule has 0 radical (unpaired) electrons. The first-order valence-corrected chi connectivity index (χ1v) is 3.13. The molecule has 11 heavy (non-hydrogen) atoms. The Bertz CT molecular complexity index is 224. The van der Waals surface area contributed by atoms with E-state index in [1.54, 1.807) is 6.92 Å². The molecule has 1 saturated heterocycles. The van der Waals surface area contributed by atoms with Gasteiger partial charge in [-0.1, -0.05) is 5.92 Å². The fourth-order valence-corrected chi connectivity index (χ4v) is 0.728. The molecule has 1 atom stereocenters. The predicted octanol–water partition coefficient (Wildman–Crippen LogP) is -0.0924. The van der Waals surface area contributed by atoms with Crippen molar-refractivity contribution in [2.45, 2.75) is 12.5 Å². The van der Waals surface area contributed by atoms with Crippen molar-refractivity contribution in [1.82, 2.24) is 0 Å². The average molecular weight is 156 g/mol. The van der Waals surface area contributed by atoms with E-state index in [4.69, 9.17) is 9.84 Å². The summed E-state index contributed by atoms with van der Waals surface area (Å²) in [5.74, 6) is 4.97. The number of aliphatic hydroxyl groups excluding tert-OH is 1. The lowest BCUT2D eigenvalue weighted by Gasteiger charge is -2.09. The van der Waals surface area contributed by atoms with Gasteiger partial charge in [-0.2, -0.15) is 0 Å². The van der Waals surface area contributed by atoms with Crippen LogP contribution in [0.2, 0.25) is 0 Å². The van der Waals surface area contributed by atoms with E-state index >= 15 is 0 Å². The van der Waals surface area contributed by atoms with Crippen LogP contribution in [-0.4, -0.2) is 30.1 Å². The van der Waals surface area contributed by atoms with Crippen molar-refractivity contribution < 1.29 is 19.4 Å². The monoisotopic (exact) mass is 156 g/mol. The molecule has 1 N–H and O–H groups in total. The molecule has 1 rings (SSSR count). The van der Waals surface area contributed by atoms with Crippen LogP contribution >= 0.6 is 0 Å². The van der Waals surface area contributed by atoms with Crippen molar-refractivity contribution in [3.63, 3.8) is 0 Å². The quantitative estimate of drug-likeness (QED) is 0.393. The zero-order valence-corrected chi connectivity index (χ0v) is 6.09. The lowest BCUT2D eigenvalue weighted by molar-refractivity contribution is 0.103. The van der Waals surface area contributed by atoms with E-state index in [1.165, 1.54) is 0 Å². The number of aliphatic hydroxyl groups is 1. The smallest absolute Gasteiger partial charge is 0.429 e. The van der Waals surface area contributed by atoms with Gasteiger partial charge in [0.2, 0.25) is 5.60 Å². The van der Waals surface area contributed by atoms with Crippen LogP contribution < -0.4 is 0 Å². The second-order valence-electron chi connectivity index (χ2n) is 2.33. The van der Waals surface area contributed by atoms with Crippen molar-refractivity contribution in [3.05, 3.63) is 0 Å². The summed E-state index contributed by atoms with van der Waals surface area (Å²) in [6.45, 7) is 1.51. The van der Waals surface area contributed by atoms with E-state index in [2.05, 4.69) is 16.6 Å². The lowest BCUT2D eigenvalue weighted by Crippen LogP contribution is -2.24. The van der Waals surface area contributed by atoms with Gasteiger partial charge in [0.15, 0.2) is 0 Å². The van der Waals surface area contributed by atoms with Crippen molar-refractivity contribution in [1.29, 1.82) is 0 Å². The molecule has 1 aliphatic heterocycles. The summed E-state index contributed by atoms with van der Waals surface area (Å²) in [6.07, 6.45) is -0.709. The molecule has 4 heteroatoms. The van der Waals surface area contributed by atoms with E-state index in [0.29, 0.717) is 0 Å². The topological polar surface area (TPSA) is 55.8 Å². The number of cyclic esters (lactones) is 2. The largest absolute Gasteiger partial charge is 0.510 e. The summed E-state index contributed by atoms with van der Waals surface area (Å²) in [5, 5.41) is 8.35. The van der Waals surface area contributed by atoms with E-state index in [0.717, 1.165) is 0 Å². The Morgan fingerprint density at radius 2 is 2.55 bits per heavy atom. The van der Waals surface area contributed by atoms with Gasteiger partial charge in [-0.15, -0.1) is 0 Å². The van der Waals surface area contributed by atoms with Crippen molar-refractivity contribution in [3.8, 4) is 11.8 Å². The highest BCUT2D eigenvalue weighted by Crippen LogP contribution is 2.17. The standard InChI is InChI=1S/C7H8O4/c1-7(3-2-4-8)5-10-6(9)11-7/h8H,4-5H2,1H3. The molecule has 0 amide bonds. The zero-order valence-electron chi connectivity index (χ0n) is 6.09. The van der Waals surface area contributed by atoms with Gasteiger partial charge in [0.25, 0.3) is 0 Å². The molecule has 4 nitrogen and oxygen atoms in total. The van der Waals surface area contributed by atoms with Crippen LogP contribution in [0.25, 0.3) is 0 Å². The third kappa shape index (κ3) is 1.85. The summed E-state index contributed by atoms with van der Waals surface area (Å²) in [7, 11) is 0. The van der Waals surface area contributed by atoms with E-state index < -0.39 is 11.8 Å². The molecular formula is C7H8O4. The molecule has 1 aliphatic rings. The van der Waals surface area contributed by atoms with Crippen LogP contribution in [0.4, 0.5) is 4.79 Å². The summed E-state index contributed by atoms with van der Waals surface area (Å²) >= 11 is 0. The van der Waals surface area contributed by atoms with Gasteiger partial charge >= 0.3 is 6.16 Å². The SMILES string of the molecule is CC1(C#CCO)COC(=O)O1. The molecule has 1 heterocycles. The van der Waals surface area contributed by atoms with Crippen LogP contribution in [-0.2, 0) is 9.47 Å². The summed E-state index contributed by atoms with van der Waals surface area (Å²) < 4.78 is 9.23. The Morgan fingerprint density at radius 1 is 1.82 bits per heavy atom. The maximum atomic E-state index is 10.4. The average Bonchev–Trinajstić information content (AvgIpc) is 2.28. The molecular weight excluding hydrogens is 148 g/mol. The maximum Gasteiger partial charge on any atom is 0.510 e. The Hall–Kier alpha value is -1.21. The molecule has 1 unspecified atom stereocenters. The summed E-state index contributed by atoms with van der Waals surface area (Å²) in [6, 6.07) is 0. The molecule has 0 aromatic heterocycles. The number of ether oxygens (including phenoxy) is 2. The lowest BCUT2D eigenvalue weighted by atomic mass is 10.1. The normalized spacial score (nSPS) is 28.4. The molecule has 0 aromatic rings. The first-order chi connectivity index (χ1) is 5.16. The predicted molar refractivity (Wildman–Crippen MR) is 35.7 cm³/mol. The first-order valence-electron chi connectivity index (χ1n) is 3.13. The minimum atomic E-state index is -0.875. The van der Waals surface area contributed by atoms with Crippen LogP contribution in [0.3, 0.4) is 0 Å². The zero-order chi connectivity index (χ0) is 8.32. The van der Waals surface area contributed by atoms with Gasteiger partial charge in [-0.25, -0.2) is 4.79 Å². The fourth-order valence-electron chi connectivity index (χ4n) is 0.728. The van der Waals surface area contributed by atoms with Crippen molar-refractivity contribution >= 4 is 6.16 Å². The van der Waals surface area contributed by atoms with E-state index in [9.17, 15) is 4.79 Å². The molecule has 0 aliphatic carbocycles. The molecule has 1 fully saturated rings. The third-order valence-electron chi connectivity index (χ3n) is 1.21. The highest BCUT2D eigenvalue weighted by molar-refractivity contribution is 5.63. The summed E-state index contributed by atoms with van der Waals surface area (Å²) in [5.41, 5.74) is -0.875. The molecule has 0 aromatic carbocycles. The number of carbonyl (C=O) groups is 1. The van der Waals surface area contributed by atoms with Gasteiger partial charge in [-0.05, 0) is 12.8 Å². The fraction of sp³-hybridized carbons (Fsp3) is 0.571. The maximum absolute atomic E-state index is 10.4. The Kier molecular flexibility index (Phi) is 2.01. The van der Waals surface area contributed by atoms with Crippen molar-refractivity contribution in [2.24, 2.45) is 0 Å². The molecule has 60 valence electrons. The van der Waals surface area contributed by atoms with E-state index in [1.807, 2.05) is 0 Å². The van der Waals surface area contributed by atoms with Gasteiger partial charge < -0.3 is 14.6 Å². The van der Waals surface area contributed by atoms with E-state index in [-0.39, 0.29) is 13.2 Å². The van der Waals surface area contributed by atoms with Gasteiger partial charge in [0.1, 0.15) is 13.2 Å². The van der Waals surface area contributed by atoms with Gasteiger partial charge in [0, 0.05) is 0 Å². The second-order valence-corrected chi connectivity index (χ2v) is 2.33. The number of hydrogen-bond donors (Lipinski definition) is 1. The Balaban J connectivity index is 2.62. The van der Waals surface area contributed by atoms with Crippen LogP contribution in [0, 0.1) is 11.8 Å². The molecule has 0 saturated carbocycles. The third-order valence-corrected chi connectivity index (χ3v) is 1.21. The van der Waals surface area contributed by atoms with Gasteiger partial charge in [0.05, 0.1) is 0 Å².